The first-order chi connectivity index (χ1) is 13.3. The summed E-state index contributed by atoms with van der Waals surface area (Å²) in [6.07, 6.45) is 5.19. The Morgan fingerprint density at radius 2 is 1.69 bits per heavy atom. The summed E-state index contributed by atoms with van der Waals surface area (Å²) in [6.45, 7) is 4.95. The predicted molar refractivity (Wildman–Crippen MR) is 106 cm³/mol. The quantitative estimate of drug-likeness (QED) is 0.321. The van der Waals surface area contributed by atoms with Crippen molar-refractivity contribution in [2.45, 2.75) is 0 Å². The summed E-state index contributed by atoms with van der Waals surface area (Å²) in [5.74, 6) is -5.54. The molecule has 29 heavy (non-hydrogen) atoms. The standard InChI is InChI=1S/C21H19F4NO2.ClH/c1-3-8-26(2)9-4-5-10-28-20-13-18(24)16(12-19(20)25)21(27)15-7-6-14(22)11-17(15)23;/h3-7,11-13H,1,8-10H2,2H3;1H/b5-4+;. The van der Waals surface area contributed by atoms with Crippen LogP contribution in [0.3, 0.4) is 0 Å². The van der Waals surface area contributed by atoms with Gasteiger partial charge in [-0.15, -0.1) is 19.0 Å². The first kappa shape index (κ1) is 24.4. The Morgan fingerprint density at radius 3 is 2.34 bits per heavy atom. The van der Waals surface area contributed by atoms with E-state index in [1.54, 1.807) is 18.2 Å². The lowest BCUT2D eigenvalue weighted by Gasteiger charge is -2.11. The maximum Gasteiger partial charge on any atom is 0.199 e. The summed E-state index contributed by atoms with van der Waals surface area (Å²) in [4.78, 5) is 14.2. The molecule has 0 spiro atoms. The number of hydrogen-bond donors (Lipinski definition) is 0. The molecule has 2 rings (SSSR count). The average molecular weight is 430 g/mol. The fraction of sp³-hybridized carbons (Fsp3) is 0.190. The molecule has 0 aromatic heterocycles. The molecular weight excluding hydrogens is 410 g/mol. The number of carbonyl (C=O) groups excluding carboxylic acids is 1. The maximum atomic E-state index is 14.2. The molecular formula is C21H20ClF4NO2. The number of ketones is 1. The molecule has 0 aliphatic heterocycles. The van der Waals surface area contributed by atoms with E-state index >= 15 is 0 Å². The number of halogens is 5. The van der Waals surface area contributed by atoms with Crippen LogP contribution in [-0.4, -0.2) is 37.4 Å². The van der Waals surface area contributed by atoms with E-state index in [4.69, 9.17) is 4.74 Å². The van der Waals surface area contributed by atoms with Gasteiger partial charge in [-0.1, -0.05) is 18.2 Å². The van der Waals surface area contributed by atoms with Gasteiger partial charge in [-0.3, -0.25) is 9.69 Å². The molecule has 0 fully saturated rings. The van der Waals surface area contributed by atoms with Crippen molar-refractivity contribution in [3.05, 3.63) is 89.5 Å². The van der Waals surface area contributed by atoms with Gasteiger partial charge in [0.15, 0.2) is 17.3 Å². The van der Waals surface area contributed by atoms with Gasteiger partial charge in [-0.25, -0.2) is 17.6 Å². The lowest BCUT2D eigenvalue weighted by molar-refractivity contribution is 0.103. The second-order valence-corrected chi connectivity index (χ2v) is 6.01. The predicted octanol–water partition coefficient (Wildman–Crippen LogP) is 4.95. The van der Waals surface area contributed by atoms with Crippen LogP contribution in [0.5, 0.6) is 5.75 Å². The van der Waals surface area contributed by atoms with Crippen molar-refractivity contribution in [3.8, 4) is 5.75 Å². The third-order valence-electron chi connectivity index (χ3n) is 3.80. The fourth-order valence-electron chi connectivity index (χ4n) is 2.39. The molecule has 0 amide bonds. The van der Waals surface area contributed by atoms with E-state index in [-0.39, 0.29) is 24.8 Å². The van der Waals surface area contributed by atoms with Crippen molar-refractivity contribution in [2.75, 3.05) is 26.7 Å². The van der Waals surface area contributed by atoms with Gasteiger partial charge in [0.2, 0.25) is 0 Å². The molecule has 3 nitrogen and oxygen atoms in total. The second-order valence-electron chi connectivity index (χ2n) is 6.01. The molecule has 0 heterocycles. The molecule has 156 valence electrons. The summed E-state index contributed by atoms with van der Waals surface area (Å²) < 4.78 is 60.3. The minimum Gasteiger partial charge on any atom is -0.486 e. The third kappa shape index (κ3) is 6.73. The first-order valence-electron chi connectivity index (χ1n) is 8.39. The molecule has 2 aromatic carbocycles. The van der Waals surface area contributed by atoms with E-state index in [1.807, 2.05) is 11.9 Å². The van der Waals surface area contributed by atoms with Gasteiger partial charge in [0.05, 0.1) is 11.1 Å². The number of likely N-dealkylation sites (N-methyl/N-ethyl adjacent to an activating group) is 1. The van der Waals surface area contributed by atoms with E-state index in [9.17, 15) is 22.4 Å². The SMILES string of the molecule is C=CCN(C)C/C=C/COc1cc(F)c(C(=O)c2ccc(F)cc2F)cc1F.Cl. The Balaban J connectivity index is 0.00000420. The number of ether oxygens (including phenoxy) is 1. The second kappa shape index (κ2) is 11.4. The van der Waals surface area contributed by atoms with Crippen LogP contribution in [0, 0.1) is 23.3 Å². The minimum atomic E-state index is -1.16. The smallest absolute Gasteiger partial charge is 0.199 e. The Morgan fingerprint density at radius 1 is 1.00 bits per heavy atom. The van der Waals surface area contributed by atoms with Gasteiger partial charge in [-0.05, 0) is 25.2 Å². The fourth-order valence-corrected chi connectivity index (χ4v) is 2.39. The molecule has 0 N–H and O–H groups in total. The lowest BCUT2D eigenvalue weighted by Crippen LogP contribution is -2.17. The van der Waals surface area contributed by atoms with Gasteiger partial charge in [-0.2, -0.15) is 0 Å². The Hall–Kier alpha value is -2.64. The minimum absolute atomic E-state index is 0. The van der Waals surface area contributed by atoms with Crippen LogP contribution < -0.4 is 4.74 Å². The van der Waals surface area contributed by atoms with E-state index in [0.29, 0.717) is 25.2 Å². The van der Waals surface area contributed by atoms with Gasteiger partial charge in [0.25, 0.3) is 0 Å². The van der Waals surface area contributed by atoms with Crippen LogP contribution in [0.15, 0.2) is 55.1 Å². The van der Waals surface area contributed by atoms with Crippen molar-refractivity contribution in [1.82, 2.24) is 4.90 Å². The molecule has 0 aliphatic rings. The van der Waals surface area contributed by atoms with Crippen LogP contribution >= 0.6 is 12.4 Å². The zero-order valence-electron chi connectivity index (χ0n) is 15.6. The van der Waals surface area contributed by atoms with Crippen LogP contribution in [0.1, 0.15) is 15.9 Å². The molecule has 0 atom stereocenters. The summed E-state index contributed by atoms with van der Waals surface area (Å²) in [5, 5.41) is 0. The molecule has 2 aromatic rings. The highest BCUT2D eigenvalue weighted by molar-refractivity contribution is 6.09. The largest absolute Gasteiger partial charge is 0.486 e. The van der Waals surface area contributed by atoms with Crippen molar-refractivity contribution < 1.29 is 27.1 Å². The van der Waals surface area contributed by atoms with Crippen molar-refractivity contribution in [3.63, 3.8) is 0 Å². The highest BCUT2D eigenvalue weighted by Gasteiger charge is 2.21. The summed E-state index contributed by atoms with van der Waals surface area (Å²) >= 11 is 0. The van der Waals surface area contributed by atoms with E-state index < -0.39 is 40.2 Å². The molecule has 0 radical (unpaired) electrons. The Bertz CT molecular complexity index is 902. The number of rotatable bonds is 9. The summed E-state index contributed by atoms with van der Waals surface area (Å²) in [5.41, 5.74) is -1.23. The summed E-state index contributed by atoms with van der Waals surface area (Å²) in [7, 11) is 1.89. The molecule has 0 aliphatic carbocycles. The van der Waals surface area contributed by atoms with Crippen LogP contribution in [0.4, 0.5) is 17.6 Å². The highest BCUT2D eigenvalue weighted by atomic mass is 35.5. The first-order valence-corrected chi connectivity index (χ1v) is 8.39. The van der Waals surface area contributed by atoms with Gasteiger partial charge < -0.3 is 4.74 Å². The molecule has 0 saturated heterocycles. The van der Waals surface area contributed by atoms with Crippen molar-refractivity contribution in [2.24, 2.45) is 0 Å². The number of carbonyl (C=O) groups is 1. The normalized spacial score (nSPS) is 10.8. The van der Waals surface area contributed by atoms with E-state index in [1.165, 1.54) is 0 Å². The molecule has 0 bridgehead atoms. The van der Waals surface area contributed by atoms with Crippen LogP contribution in [0.25, 0.3) is 0 Å². The third-order valence-corrected chi connectivity index (χ3v) is 3.80. The zero-order valence-corrected chi connectivity index (χ0v) is 16.4. The molecule has 0 unspecified atom stereocenters. The average Bonchev–Trinajstić information content (AvgIpc) is 2.63. The van der Waals surface area contributed by atoms with Crippen LogP contribution in [-0.2, 0) is 0 Å². The van der Waals surface area contributed by atoms with Crippen molar-refractivity contribution in [1.29, 1.82) is 0 Å². The Kier molecular flexibility index (Phi) is 9.58. The number of benzene rings is 2. The van der Waals surface area contributed by atoms with Gasteiger partial charge in [0, 0.05) is 25.2 Å². The highest BCUT2D eigenvalue weighted by Crippen LogP contribution is 2.24. The topological polar surface area (TPSA) is 29.5 Å². The number of nitrogens with zero attached hydrogens (tertiary/aromatic N) is 1. The summed E-state index contributed by atoms with van der Waals surface area (Å²) in [6, 6.07) is 3.60. The van der Waals surface area contributed by atoms with Crippen molar-refractivity contribution >= 4 is 18.2 Å². The van der Waals surface area contributed by atoms with Crippen LogP contribution in [0.2, 0.25) is 0 Å². The van der Waals surface area contributed by atoms with E-state index in [0.717, 1.165) is 18.2 Å². The Labute approximate surface area is 172 Å². The molecule has 8 heteroatoms. The lowest BCUT2D eigenvalue weighted by atomic mass is 10.0. The monoisotopic (exact) mass is 429 g/mol. The molecule has 0 saturated carbocycles. The van der Waals surface area contributed by atoms with Gasteiger partial charge in [0.1, 0.15) is 24.1 Å². The zero-order chi connectivity index (χ0) is 20.7. The van der Waals surface area contributed by atoms with E-state index in [2.05, 4.69) is 6.58 Å². The maximum absolute atomic E-state index is 14.2. The van der Waals surface area contributed by atoms with Gasteiger partial charge >= 0.3 is 0 Å². The number of hydrogen-bond acceptors (Lipinski definition) is 3.